The van der Waals surface area contributed by atoms with E-state index in [1.807, 2.05) is 24.3 Å². The number of nitrogens with two attached hydrogens (primary N) is 1. The van der Waals surface area contributed by atoms with Crippen LogP contribution in [-0.4, -0.2) is 33.7 Å². The third-order valence-electron chi connectivity index (χ3n) is 4.66. The van der Waals surface area contributed by atoms with E-state index in [0.29, 0.717) is 12.2 Å². The van der Waals surface area contributed by atoms with Gasteiger partial charge in [0, 0.05) is 25.3 Å². The monoisotopic (exact) mass is 332 g/mol. The molecule has 3 aromatic rings. The largest absolute Gasteiger partial charge is 0.341 e. The van der Waals surface area contributed by atoms with Crippen molar-refractivity contribution in [3.05, 3.63) is 53.9 Å². The van der Waals surface area contributed by atoms with Crippen LogP contribution in [0.1, 0.15) is 24.1 Å². The molecule has 1 saturated heterocycles. The number of aromatic nitrogens is 3. The standard InChI is InChI=1S/C19H20N6/c20-10-16-8-7-14(11-22-16)12-25-18-6-2-1-5-17(18)23-19(25)24-9-3-4-15(21)13-24/h1-2,5-8,11,15H,3-4,9,12-13,21H2/t15-/m0/s1. The van der Waals surface area contributed by atoms with Crippen molar-refractivity contribution in [2.75, 3.05) is 18.0 Å². The highest BCUT2D eigenvalue weighted by Crippen LogP contribution is 2.26. The summed E-state index contributed by atoms with van der Waals surface area (Å²) >= 11 is 0. The molecule has 0 radical (unpaired) electrons. The maximum Gasteiger partial charge on any atom is 0.206 e. The Bertz CT molecular complexity index is 921. The Morgan fingerprint density at radius 1 is 1.24 bits per heavy atom. The molecule has 4 rings (SSSR count). The summed E-state index contributed by atoms with van der Waals surface area (Å²) in [4.78, 5) is 11.3. The molecular formula is C19H20N6. The molecule has 0 amide bonds. The minimum Gasteiger partial charge on any atom is -0.341 e. The van der Waals surface area contributed by atoms with Crippen LogP contribution in [0.2, 0.25) is 0 Å². The van der Waals surface area contributed by atoms with Crippen LogP contribution < -0.4 is 10.6 Å². The molecule has 0 aliphatic carbocycles. The van der Waals surface area contributed by atoms with Crippen molar-refractivity contribution in [1.82, 2.24) is 14.5 Å². The highest BCUT2D eigenvalue weighted by atomic mass is 15.3. The number of benzene rings is 1. The van der Waals surface area contributed by atoms with E-state index < -0.39 is 0 Å². The molecule has 6 heteroatoms. The molecule has 1 atom stereocenters. The Balaban J connectivity index is 1.74. The number of nitriles is 1. The normalized spacial score (nSPS) is 17.6. The number of hydrogen-bond donors (Lipinski definition) is 1. The molecule has 6 nitrogen and oxygen atoms in total. The van der Waals surface area contributed by atoms with Crippen molar-refractivity contribution < 1.29 is 0 Å². The molecule has 1 aliphatic heterocycles. The fraction of sp³-hybridized carbons (Fsp3) is 0.316. The maximum atomic E-state index is 8.92. The summed E-state index contributed by atoms with van der Waals surface area (Å²) in [5, 5.41) is 8.92. The van der Waals surface area contributed by atoms with E-state index in [0.717, 1.165) is 48.5 Å². The smallest absolute Gasteiger partial charge is 0.206 e. The predicted molar refractivity (Wildman–Crippen MR) is 97.2 cm³/mol. The highest BCUT2D eigenvalue weighted by molar-refractivity contribution is 5.79. The second kappa shape index (κ2) is 6.54. The lowest BCUT2D eigenvalue weighted by molar-refractivity contribution is 0.495. The van der Waals surface area contributed by atoms with Crippen molar-refractivity contribution in [2.45, 2.75) is 25.4 Å². The zero-order valence-electron chi connectivity index (χ0n) is 14.0. The number of hydrogen-bond acceptors (Lipinski definition) is 5. The van der Waals surface area contributed by atoms with Crippen LogP contribution in [0.5, 0.6) is 0 Å². The maximum absolute atomic E-state index is 8.92. The average Bonchev–Trinajstić information content (AvgIpc) is 3.01. The molecular weight excluding hydrogens is 312 g/mol. The summed E-state index contributed by atoms with van der Waals surface area (Å²) in [6.45, 7) is 2.47. The minimum absolute atomic E-state index is 0.193. The van der Waals surface area contributed by atoms with E-state index in [2.05, 4.69) is 26.6 Å². The second-order valence-electron chi connectivity index (χ2n) is 6.50. The summed E-state index contributed by atoms with van der Waals surface area (Å²) in [6.07, 6.45) is 3.91. The number of rotatable bonds is 3. The molecule has 126 valence electrons. The van der Waals surface area contributed by atoms with E-state index in [4.69, 9.17) is 16.0 Å². The van der Waals surface area contributed by atoms with Crippen molar-refractivity contribution >= 4 is 17.0 Å². The van der Waals surface area contributed by atoms with E-state index in [1.165, 1.54) is 0 Å². The van der Waals surface area contributed by atoms with Crippen LogP contribution in [0, 0.1) is 11.3 Å². The molecule has 2 N–H and O–H groups in total. The highest BCUT2D eigenvalue weighted by Gasteiger charge is 2.22. The summed E-state index contributed by atoms with van der Waals surface area (Å²) in [6, 6.07) is 14.1. The van der Waals surface area contributed by atoms with E-state index in [1.54, 1.807) is 12.3 Å². The van der Waals surface area contributed by atoms with Crippen LogP contribution in [0.3, 0.4) is 0 Å². The lowest BCUT2D eigenvalue weighted by Crippen LogP contribution is -2.44. The fourth-order valence-corrected chi connectivity index (χ4v) is 3.42. The molecule has 1 fully saturated rings. The molecule has 1 aromatic carbocycles. The van der Waals surface area contributed by atoms with E-state index >= 15 is 0 Å². The summed E-state index contributed by atoms with van der Waals surface area (Å²) in [5.74, 6) is 0.959. The van der Waals surface area contributed by atoms with Crippen LogP contribution in [-0.2, 0) is 6.54 Å². The Hall–Kier alpha value is -2.91. The van der Waals surface area contributed by atoms with E-state index in [-0.39, 0.29) is 6.04 Å². The molecule has 1 aliphatic rings. The van der Waals surface area contributed by atoms with Gasteiger partial charge in [-0.2, -0.15) is 5.26 Å². The average molecular weight is 332 g/mol. The van der Waals surface area contributed by atoms with Crippen LogP contribution in [0.15, 0.2) is 42.6 Å². The van der Waals surface area contributed by atoms with E-state index in [9.17, 15) is 0 Å². The number of anilines is 1. The molecule has 0 saturated carbocycles. The quantitative estimate of drug-likeness (QED) is 0.795. The number of fused-ring (bicyclic) bond motifs is 1. The van der Waals surface area contributed by atoms with Gasteiger partial charge in [-0.3, -0.25) is 0 Å². The number of imidazole rings is 1. The van der Waals surface area contributed by atoms with Gasteiger partial charge in [0.1, 0.15) is 11.8 Å². The Kier molecular flexibility index (Phi) is 4.08. The molecule has 0 spiro atoms. The molecule has 2 aromatic heterocycles. The van der Waals surface area contributed by atoms with Crippen LogP contribution in [0.25, 0.3) is 11.0 Å². The zero-order chi connectivity index (χ0) is 17.2. The summed E-state index contributed by atoms with van der Waals surface area (Å²) in [7, 11) is 0. The van der Waals surface area contributed by atoms with Gasteiger partial charge in [0.2, 0.25) is 5.95 Å². The molecule has 3 heterocycles. The van der Waals surface area contributed by atoms with Gasteiger partial charge in [0.15, 0.2) is 0 Å². The Morgan fingerprint density at radius 2 is 2.12 bits per heavy atom. The van der Waals surface area contributed by atoms with Crippen molar-refractivity contribution in [1.29, 1.82) is 5.26 Å². The zero-order valence-corrected chi connectivity index (χ0v) is 14.0. The first-order valence-electron chi connectivity index (χ1n) is 8.55. The Labute approximate surface area is 146 Å². The predicted octanol–water partition coefficient (Wildman–Crippen LogP) is 2.28. The van der Waals surface area contributed by atoms with Gasteiger partial charge in [0.05, 0.1) is 17.6 Å². The molecule has 0 unspecified atom stereocenters. The van der Waals surface area contributed by atoms with Gasteiger partial charge in [-0.25, -0.2) is 9.97 Å². The lowest BCUT2D eigenvalue weighted by atomic mass is 10.1. The van der Waals surface area contributed by atoms with Crippen molar-refractivity contribution in [3.8, 4) is 6.07 Å². The summed E-state index contributed by atoms with van der Waals surface area (Å²) in [5.41, 5.74) is 9.73. The first-order chi connectivity index (χ1) is 12.2. The van der Waals surface area contributed by atoms with Crippen molar-refractivity contribution in [3.63, 3.8) is 0 Å². The molecule has 25 heavy (non-hydrogen) atoms. The first-order valence-corrected chi connectivity index (χ1v) is 8.55. The Morgan fingerprint density at radius 3 is 2.88 bits per heavy atom. The van der Waals surface area contributed by atoms with Gasteiger partial charge >= 0.3 is 0 Å². The third kappa shape index (κ3) is 3.06. The number of piperidine rings is 1. The summed E-state index contributed by atoms with van der Waals surface area (Å²) < 4.78 is 2.22. The van der Waals surface area contributed by atoms with Gasteiger partial charge in [0.25, 0.3) is 0 Å². The number of nitrogens with zero attached hydrogens (tertiary/aromatic N) is 5. The minimum atomic E-state index is 0.193. The lowest BCUT2D eigenvalue weighted by Gasteiger charge is -2.32. The second-order valence-corrected chi connectivity index (χ2v) is 6.50. The SMILES string of the molecule is N#Cc1ccc(Cn2c(N3CCC[C@H](N)C3)nc3ccccc32)cn1. The first kappa shape index (κ1) is 15.6. The van der Waals surface area contributed by atoms with Gasteiger partial charge in [-0.05, 0) is 36.6 Å². The van der Waals surface area contributed by atoms with Gasteiger partial charge < -0.3 is 15.2 Å². The van der Waals surface area contributed by atoms with Crippen LogP contribution >= 0.6 is 0 Å². The van der Waals surface area contributed by atoms with Crippen LogP contribution in [0.4, 0.5) is 5.95 Å². The van der Waals surface area contributed by atoms with Crippen molar-refractivity contribution in [2.24, 2.45) is 5.73 Å². The number of para-hydroxylation sites is 2. The topological polar surface area (TPSA) is 83.8 Å². The van der Waals surface area contributed by atoms with Gasteiger partial charge in [-0.15, -0.1) is 0 Å². The number of pyridine rings is 1. The van der Waals surface area contributed by atoms with Gasteiger partial charge in [-0.1, -0.05) is 18.2 Å². The fourth-order valence-electron chi connectivity index (χ4n) is 3.42. The molecule has 0 bridgehead atoms. The third-order valence-corrected chi connectivity index (χ3v) is 4.66.